The fourth-order valence-corrected chi connectivity index (χ4v) is 2.09. The van der Waals surface area contributed by atoms with E-state index in [1.54, 1.807) is 27.2 Å². The van der Waals surface area contributed by atoms with Crippen molar-refractivity contribution in [3.8, 4) is 0 Å². The first kappa shape index (κ1) is 14.2. The third-order valence-corrected chi connectivity index (χ3v) is 3.33. The molecule has 19 heavy (non-hydrogen) atoms. The second kappa shape index (κ2) is 5.84. The van der Waals surface area contributed by atoms with Crippen molar-refractivity contribution in [3.63, 3.8) is 0 Å². The van der Waals surface area contributed by atoms with Crippen molar-refractivity contribution in [2.75, 3.05) is 20.8 Å². The van der Waals surface area contributed by atoms with E-state index in [1.165, 1.54) is 0 Å². The van der Waals surface area contributed by atoms with Crippen molar-refractivity contribution in [2.24, 2.45) is 0 Å². The molecular weight excluding hydrogens is 244 g/mol. The van der Waals surface area contributed by atoms with Crippen LogP contribution in [0.15, 0.2) is 36.9 Å². The first-order chi connectivity index (χ1) is 9.11. The van der Waals surface area contributed by atoms with Crippen LogP contribution >= 0.6 is 0 Å². The SMILES string of the molecule is C=CC(OC)c1ccc(C2COC(C)(OC)O2)cc1. The Labute approximate surface area is 113 Å². The minimum atomic E-state index is -0.945. The number of rotatable bonds is 5. The average Bonchev–Trinajstić information content (AvgIpc) is 2.84. The molecule has 1 aliphatic rings. The van der Waals surface area contributed by atoms with Crippen molar-refractivity contribution in [1.29, 1.82) is 0 Å². The van der Waals surface area contributed by atoms with Crippen LogP contribution in [-0.4, -0.2) is 26.8 Å². The van der Waals surface area contributed by atoms with E-state index in [2.05, 4.69) is 6.58 Å². The summed E-state index contributed by atoms with van der Waals surface area (Å²) in [5.74, 6) is -0.945. The molecule has 1 aromatic rings. The van der Waals surface area contributed by atoms with Gasteiger partial charge in [0.15, 0.2) is 0 Å². The number of methoxy groups -OCH3 is 2. The molecule has 1 fully saturated rings. The maximum atomic E-state index is 5.74. The largest absolute Gasteiger partial charge is 0.373 e. The standard InChI is InChI=1S/C15H20O4/c1-5-13(16-3)11-6-8-12(9-7-11)14-10-18-15(2,17-4)19-14/h5-9,13-14H,1,10H2,2-4H3. The number of hydrogen-bond donors (Lipinski definition) is 0. The Kier molecular flexibility index (Phi) is 4.37. The Morgan fingerprint density at radius 2 is 2.05 bits per heavy atom. The minimum absolute atomic E-state index is 0.0842. The van der Waals surface area contributed by atoms with Gasteiger partial charge in [-0.05, 0) is 11.1 Å². The molecule has 1 aromatic carbocycles. The van der Waals surface area contributed by atoms with Crippen molar-refractivity contribution in [1.82, 2.24) is 0 Å². The van der Waals surface area contributed by atoms with Crippen LogP contribution in [-0.2, 0) is 18.9 Å². The van der Waals surface area contributed by atoms with Gasteiger partial charge >= 0.3 is 0 Å². The summed E-state index contributed by atoms with van der Waals surface area (Å²) in [5, 5.41) is 0. The molecule has 2 rings (SSSR count). The molecule has 3 unspecified atom stereocenters. The van der Waals surface area contributed by atoms with Gasteiger partial charge in [-0.3, -0.25) is 0 Å². The topological polar surface area (TPSA) is 36.9 Å². The second-order valence-electron chi connectivity index (χ2n) is 4.54. The predicted molar refractivity (Wildman–Crippen MR) is 71.6 cm³/mol. The fourth-order valence-electron chi connectivity index (χ4n) is 2.09. The maximum absolute atomic E-state index is 5.74. The molecule has 4 heteroatoms. The lowest BCUT2D eigenvalue weighted by Crippen LogP contribution is -2.27. The van der Waals surface area contributed by atoms with Crippen LogP contribution in [0, 0.1) is 0 Å². The van der Waals surface area contributed by atoms with E-state index in [9.17, 15) is 0 Å². The Bertz CT molecular complexity index is 428. The third-order valence-electron chi connectivity index (χ3n) is 3.33. The fraction of sp³-hybridized carbons (Fsp3) is 0.467. The van der Waals surface area contributed by atoms with Crippen LogP contribution < -0.4 is 0 Å². The van der Waals surface area contributed by atoms with Crippen LogP contribution in [0.3, 0.4) is 0 Å². The van der Waals surface area contributed by atoms with Gasteiger partial charge in [-0.25, -0.2) is 0 Å². The smallest absolute Gasteiger partial charge is 0.280 e. The van der Waals surface area contributed by atoms with Crippen LogP contribution in [0.4, 0.5) is 0 Å². The predicted octanol–water partition coefficient (Wildman–Crippen LogP) is 2.97. The Morgan fingerprint density at radius 1 is 1.37 bits per heavy atom. The van der Waals surface area contributed by atoms with Crippen molar-refractivity contribution >= 4 is 0 Å². The third kappa shape index (κ3) is 3.04. The molecule has 0 saturated carbocycles. The van der Waals surface area contributed by atoms with Gasteiger partial charge in [-0.15, -0.1) is 6.58 Å². The van der Waals surface area contributed by atoms with Gasteiger partial charge < -0.3 is 18.9 Å². The average molecular weight is 264 g/mol. The molecule has 0 bridgehead atoms. The van der Waals surface area contributed by atoms with Crippen LogP contribution in [0.1, 0.15) is 30.3 Å². The first-order valence-corrected chi connectivity index (χ1v) is 6.24. The Balaban J connectivity index is 2.09. The van der Waals surface area contributed by atoms with Crippen molar-refractivity contribution in [2.45, 2.75) is 25.1 Å². The lowest BCUT2D eigenvalue weighted by atomic mass is 10.0. The number of hydrogen-bond acceptors (Lipinski definition) is 4. The molecule has 1 aliphatic heterocycles. The molecule has 0 radical (unpaired) electrons. The summed E-state index contributed by atoms with van der Waals surface area (Å²) in [7, 11) is 3.23. The van der Waals surface area contributed by atoms with Gasteiger partial charge in [0.05, 0.1) is 12.7 Å². The second-order valence-corrected chi connectivity index (χ2v) is 4.54. The van der Waals surface area contributed by atoms with Gasteiger partial charge in [0.25, 0.3) is 5.97 Å². The van der Waals surface area contributed by atoms with Crippen LogP contribution in [0.25, 0.3) is 0 Å². The van der Waals surface area contributed by atoms with Gasteiger partial charge in [0.1, 0.15) is 6.10 Å². The van der Waals surface area contributed by atoms with E-state index in [0.717, 1.165) is 11.1 Å². The molecule has 1 heterocycles. The maximum Gasteiger partial charge on any atom is 0.280 e. The number of ether oxygens (including phenoxy) is 4. The zero-order valence-corrected chi connectivity index (χ0v) is 11.6. The molecular formula is C15H20O4. The molecule has 0 aromatic heterocycles. The van der Waals surface area contributed by atoms with Gasteiger partial charge in [0, 0.05) is 21.1 Å². The van der Waals surface area contributed by atoms with Crippen molar-refractivity contribution < 1.29 is 18.9 Å². The highest BCUT2D eigenvalue weighted by Crippen LogP contribution is 2.34. The van der Waals surface area contributed by atoms with Gasteiger partial charge in [-0.1, -0.05) is 30.3 Å². The molecule has 104 valence electrons. The summed E-state index contributed by atoms with van der Waals surface area (Å²) >= 11 is 0. The summed E-state index contributed by atoms with van der Waals surface area (Å²) in [4.78, 5) is 0. The molecule has 0 spiro atoms. The van der Waals surface area contributed by atoms with E-state index in [0.29, 0.717) is 6.61 Å². The molecule has 3 atom stereocenters. The summed E-state index contributed by atoms with van der Waals surface area (Å²) in [6.07, 6.45) is 1.58. The van der Waals surface area contributed by atoms with Crippen LogP contribution in [0.2, 0.25) is 0 Å². The normalized spacial score (nSPS) is 28.3. The van der Waals surface area contributed by atoms with Gasteiger partial charge in [0.2, 0.25) is 0 Å². The zero-order valence-electron chi connectivity index (χ0n) is 11.6. The molecule has 4 nitrogen and oxygen atoms in total. The summed E-state index contributed by atoms with van der Waals surface area (Å²) in [6, 6.07) is 8.05. The van der Waals surface area contributed by atoms with E-state index >= 15 is 0 Å². The lowest BCUT2D eigenvalue weighted by Gasteiger charge is -2.20. The Hall–Kier alpha value is -1.20. The molecule has 0 aliphatic carbocycles. The minimum Gasteiger partial charge on any atom is -0.373 e. The van der Waals surface area contributed by atoms with E-state index in [-0.39, 0.29) is 12.2 Å². The summed E-state index contributed by atoms with van der Waals surface area (Å²) in [6.45, 7) is 6.00. The van der Waals surface area contributed by atoms with Crippen molar-refractivity contribution in [3.05, 3.63) is 48.0 Å². The highest BCUT2D eigenvalue weighted by atomic mass is 16.9. The van der Waals surface area contributed by atoms with E-state index in [1.807, 2.05) is 24.3 Å². The van der Waals surface area contributed by atoms with E-state index in [4.69, 9.17) is 18.9 Å². The summed E-state index contributed by atoms with van der Waals surface area (Å²) in [5.41, 5.74) is 2.12. The highest BCUT2D eigenvalue weighted by Gasteiger charge is 2.38. The number of benzene rings is 1. The molecule has 0 N–H and O–H groups in total. The quantitative estimate of drug-likeness (QED) is 0.766. The zero-order chi connectivity index (χ0) is 13.9. The molecule has 1 saturated heterocycles. The molecule has 0 amide bonds. The first-order valence-electron chi connectivity index (χ1n) is 6.24. The Morgan fingerprint density at radius 3 is 2.53 bits per heavy atom. The summed E-state index contributed by atoms with van der Waals surface area (Å²) < 4.78 is 21.7. The van der Waals surface area contributed by atoms with E-state index < -0.39 is 5.97 Å². The lowest BCUT2D eigenvalue weighted by molar-refractivity contribution is -0.314. The van der Waals surface area contributed by atoms with Gasteiger partial charge in [-0.2, -0.15) is 0 Å². The van der Waals surface area contributed by atoms with Crippen LogP contribution in [0.5, 0.6) is 0 Å². The monoisotopic (exact) mass is 264 g/mol. The highest BCUT2D eigenvalue weighted by molar-refractivity contribution is 5.28.